The van der Waals surface area contributed by atoms with Crippen molar-refractivity contribution >= 4 is 5.91 Å². The van der Waals surface area contributed by atoms with Crippen molar-refractivity contribution in [1.82, 2.24) is 10.2 Å². The van der Waals surface area contributed by atoms with E-state index in [1.165, 1.54) is 6.07 Å². The summed E-state index contributed by atoms with van der Waals surface area (Å²) >= 11 is 0. The lowest BCUT2D eigenvalue weighted by Crippen LogP contribution is -2.49. The van der Waals surface area contributed by atoms with Gasteiger partial charge in [0.1, 0.15) is 5.75 Å². The van der Waals surface area contributed by atoms with Crippen LogP contribution in [-0.2, 0) is 4.79 Å². The average Bonchev–Trinajstić information content (AvgIpc) is 3.50. The first-order valence-corrected chi connectivity index (χ1v) is 9.20. The number of para-hydroxylation sites is 1. The van der Waals surface area contributed by atoms with Gasteiger partial charge in [-0.05, 0) is 30.0 Å². The molecule has 1 aliphatic heterocycles. The van der Waals surface area contributed by atoms with Gasteiger partial charge in [0.05, 0.1) is 13.2 Å². The summed E-state index contributed by atoms with van der Waals surface area (Å²) in [5, 5.41) is 3.33. The van der Waals surface area contributed by atoms with E-state index < -0.39 is 11.6 Å². The quantitative estimate of drug-likeness (QED) is 0.896. The SMILES string of the molecule is COc1ccccc1C1CNCCN1C(=O)C1CC1c1cccc(F)c1F. The van der Waals surface area contributed by atoms with Crippen LogP contribution in [-0.4, -0.2) is 37.6 Å². The van der Waals surface area contributed by atoms with Gasteiger partial charge in [-0.15, -0.1) is 0 Å². The van der Waals surface area contributed by atoms with Crippen molar-refractivity contribution in [2.45, 2.75) is 18.4 Å². The summed E-state index contributed by atoms with van der Waals surface area (Å²) in [4.78, 5) is 15.0. The number of halogens is 2. The second-order valence-corrected chi connectivity index (χ2v) is 7.09. The second kappa shape index (κ2) is 7.27. The molecule has 0 spiro atoms. The van der Waals surface area contributed by atoms with Crippen molar-refractivity contribution in [2.24, 2.45) is 5.92 Å². The third-order valence-electron chi connectivity index (χ3n) is 5.51. The highest BCUT2D eigenvalue weighted by molar-refractivity contribution is 5.83. The number of hydrogen-bond acceptors (Lipinski definition) is 3. The van der Waals surface area contributed by atoms with Crippen molar-refractivity contribution in [3.63, 3.8) is 0 Å². The van der Waals surface area contributed by atoms with Crippen molar-refractivity contribution in [3.8, 4) is 5.75 Å². The average molecular weight is 372 g/mol. The van der Waals surface area contributed by atoms with Crippen LogP contribution >= 0.6 is 0 Å². The zero-order chi connectivity index (χ0) is 19.0. The molecule has 1 N–H and O–H groups in total. The van der Waals surface area contributed by atoms with Gasteiger partial charge in [-0.2, -0.15) is 0 Å². The second-order valence-electron chi connectivity index (χ2n) is 7.09. The largest absolute Gasteiger partial charge is 0.496 e. The summed E-state index contributed by atoms with van der Waals surface area (Å²) in [7, 11) is 1.62. The Labute approximate surface area is 157 Å². The van der Waals surface area contributed by atoms with Gasteiger partial charge < -0.3 is 15.0 Å². The molecule has 142 valence electrons. The number of nitrogens with one attached hydrogen (secondary N) is 1. The standard InChI is InChI=1S/C21H22F2N2O2/c1-27-19-8-3-2-5-14(19)18-12-24-9-10-25(18)21(26)16-11-15(16)13-6-4-7-17(22)20(13)23/h2-8,15-16,18,24H,9-12H2,1H3. The first-order chi connectivity index (χ1) is 13.1. The monoisotopic (exact) mass is 372 g/mol. The number of benzene rings is 2. The Kier molecular flexibility index (Phi) is 4.83. The number of carbonyl (C=O) groups is 1. The van der Waals surface area contributed by atoms with Gasteiger partial charge >= 0.3 is 0 Å². The lowest BCUT2D eigenvalue weighted by atomic mass is 10.0. The van der Waals surface area contributed by atoms with Gasteiger partial charge in [-0.3, -0.25) is 4.79 Å². The number of carbonyl (C=O) groups excluding carboxylic acids is 1. The third-order valence-corrected chi connectivity index (χ3v) is 5.51. The maximum absolute atomic E-state index is 14.1. The zero-order valence-corrected chi connectivity index (χ0v) is 15.1. The minimum absolute atomic E-state index is 0.000988. The predicted molar refractivity (Wildman–Crippen MR) is 97.5 cm³/mol. The molecule has 27 heavy (non-hydrogen) atoms. The Hall–Kier alpha value is -2.47. The highest BCUT2D eigenvalue weighted by Gasteiger charge is 2.48. The molecule has 6 heteroatoms. The van der Waals surface area contributed by atoms with Crippen LogP contribution in [0, 0.1) is 17.6 Å². The molecule has 1 amide bonds. The fourth-order valence-corrected chi connectivity index (χ4v) is 4.02. The van der Waals surface area contributed by atoms with Crippen LogP contribution < -0.4 is 10.1 Å². The molecule has 0 radical (unpaired) electrons. The zero-order valence-electron chi connectivity index (χ0n) is 15.1. The molecule has 1 heterocycles. The summed E-state index contributed by atoms with van der Waals surface area (Å²) in [5.74, 6) is -1.49. The van der Waals surface area contributed by atoms with E-state index in [0.717, 1.165) is 17.4 Å². The van der Waals surface area contributed by atoms with E-state index in [4.69, 9.17) is 4.74 Å². The number of rotatable bonds is 4. The van der Waals surface area contributed by atoms with Crippen LogP contribution in [0.1, 0.15) is 29.5 Å². The molecule has 2 aliphatic rings. The third kappa shape index (κ3) is 3.30. The first kappa shape index (κ1) is 17.9. The van der Waals surface area contributed by atoms with Gasteiger partial charge in [0.2, 0.25) is 5.91 Å². The number of piperazine rings is 1. The molecule has 1 saturated heterocycles. The van der Waals surface area contributed by atoms with Gasteiger partial charge in [-0.1, -0.05) is 30.3 Å². The van der Waals surface area contributed by atoms with Gasteiger partial charge in [0.15, 0.2) is 11.6 Å². The van der Waals surface area contributed by atoms with Gasteiger partial charge in [-0.25, -0.2) is 8.78 Å². The highest BCUT2D eigenvalue weighted by Crippen LogP contribution is 2.50. The topological polar surface area (TPSA) is 41.6 Å². The van der Waals surface area contributed by atoms with Crippen molar-refractivity contribution in [1.29, 1.82) is 0 Å². The molecular weight excluding hydrogens is 350 g/mol. The molecule has 2 fully saturated rings. The van der Waals surface area contributed by atoms with Crippen molar-refractivity contribution < 1.29 is 18.3 Å². The van der Waals surface area contributed by atoms with Crippen LogP contribution in [0.4, 0.5) is 8.78 Å². The number of hydrogen-bond donors (Lipinski definition) is 1. The molecule has 0 bridgehead atoms. The van der Waals surface area contributed by atoms with E-state index in [0.29, 0.717) is 31.6 Å². The Morgan fingerprint density at radius 2 is 1.93 bits per heavy atom. The van der Waals surface area contributed by atoms with E-state index in [2.05, 4.69) is 5.32 Å². The molecule has 3 unspecified atom stereocenters. The molecule has 2 aromatic rings. The van der Waals surface area contributed by atoms with Crippen LogP contribution in [0.15, 0.2) is 42.5 Å². The van der Waals surface area contributed by atoms with Crippen LogP contribution in [0.3, 0.4) is 0 Å². The summed E-state index contributed by atoms with van der Waals surface area (Å²) < 4.78 is 33.1. The normalized spacial score (nSPS) is 24.6. The maximum Gasteiger partial charge on any atom is 0.226 e. The minimum Gasteiger partial charge on any atom is -0.496 e. The predicted octanol–water partition coefficient (Wildman–Crippen LogP) is 3.25. The van der Waals surface area contributed by atoms with Crippen LogP contribution in [0.2, 0.25) is 0 Å². The van der Waals surface area contributed by atoms with Crippen LogP contribution in [0.5, 0.6) is 5.75 Å². The molecule has 0 aromatic heterocycles. The lowest BCUT2D eigenvalue weighted by Gasteiger charge is -2.37. The summed E-state index contributed by atoms with van der Waals surface area (Å²) in [6.45, 7) is 1.93. The summed E-state index contributed by atoms with van der Waals surface area (Å²) in [5.41, 5.74) is 1.26. The van der Waals surface area contributed by atoms with Crippen molar-refractivity contribution in [2.75, 3.05) is 26.7 Å². The summed E-state index contributed by atoms with van der Waals surface area (Å²) in [6, 6.07) is 11.7. The van der Waals surface area contributed by atoms with E-state index in [-0.39, 0.29) is 23.8 Å². The Morgan fingerprint density at radius 3 is 2.74 bits per heavy atom. The molecule has 1 saturated carbocycles. The summed E-state index contributed by atoms with van der Waals surface area (Å²) in [6.07, 6.45) is 0.557. The number of methoxy groups -OCH3 is 1. The van der Waals surface area contributed by atoms with E-state index in [1.807, 2.05) is 29.2 Å². The first-order valence-electron chi connectivity index (χ1n) is 9.20. The Morgan fingerprint density at radius 1 is 1.15 bits per heavy atom. The maximum atomic E-state index is 14.1. The highest BCUT2D eigenvalue weighted by atomic mass is 19.2. The Bertz CT molecular complexity index is 858. The lowest BCUT2D eigenvalue weighted by molar-refractivity contribution is -0.136. The number of ether oxygens (including phenoxy) is 1. The fraction of sp³-hybridized carbons (Fsp3) is 0.381. The molecule has 1 aliphatic carbocycles. The molecule has 4 nitrogen and oxygen atoms in total. The molecule has 2 aromatic carbocycles. The minimum atomic E-state index is -0.861. The van der Waals surface area contributed by atoms with E-state index >= 15 is 0 Å². The number of nitrogens with zero attached hydrogens (tertiary/aromatic N) is 1. The smallest absolute Gasteiger partial charge is 0.226 e. The molecule has 3 atom stereocenters. The Balaban J connectivity index is 1.56. The van der Waals surface area contributed by atoms with E-state index in [1.54, 1.807) is 13.2 Å². The number of amides is 1. The molecular formula is C21H22F2N2O2. The van der Waals surface area contributed by atoms with Crippen molar-refractivity contribution in [3.05, 3.63) is 65.2 Å². The van der Waals surface area contributed by atoms with Gasteiger partial charge in [0.25, 0.3) is 0 Å². The van der Waals surface area contributed by atoms with Crippen LogP contribution in [0.25, 0.3) is 0 Å². The molecule has 4 rings (SSSR count). The van der Waals surface area contributed by atoms with E-state index in [9.17, 15) is 13.6 Å². The fourth-order valence-electron chi connectivity index (χ4n) is 4.02. The van der Waals surface area contributed by atoms with Gasteiger partial charge in [0, 0.05) is 31.1 Å².